The molecule has 0 bridgehead atoms. The lowest BCUT2D eigenvalue weighted by molar-refractivity contribution is 0.0204. The van der Waals surface area contributed by atoms with Gasteiger partial charge in [-0.2, -0.15) is 12.6 Å². The molecule has 3 atom stereocenters. The Morgan fingerprint density at radius 3 is 2.40 bits per heavy atom. The lowest BCUT2D eigenvalue weighted by atomic mass is 9.71. The van der Waals surface area contributed by atoms with Gasteiger partial charge in [0.15, 0.2) is 0 Å². The highest BCUT2D eigenvalue weighted by molar-refractivity contribution is 7.80. The highest BCUT2D eigenvalue weighted by Crippen LogP contribution is 2.42. The Morgan fingerprint density at radius 2 is 1.70 bits per heavy atom. The zero-order valence-electron chi connectivity index (χ0n) is 14.1. The molecule has 0 aromatic heterocycles. The zero-order chi connectivity index (χ0) is 14.8. The molecule has 0 N–H and O–H groups in total. The van der Waals surface area contributed by atoms with Crippen molar-refractivity contribution in [3.8, 4) is 0 Å². The fourth-order valence-corrected chi connectivity index (χ4v) is 5.23. The Labute approximate surface area is 132 Å². The molecule has 2 rings (SSSR count). The standard InChI is InChI=1S/C18H35NS/c1-14(2)19-16-9-7-5-6-8-12-18(3,4)13-15(16)10-11-17(19)20/h14-17,20H,5-13H2,1-4H3. The summed E-state index contributed by atoms with van der Waals surface area (Å²) in [5, 5.41) is 0.488. The number of hydrogen-bond donors (Lipinski definition) is 1. The minimum atomic E-state index is 0.488. The van der Waals surface area contributed by atoms with Gasteiger partial charge in [0.2, 0.25) is 0 Å². The van der Waals surface area contributed by atoms with Gasteiger partial charge < -0.3 is 0 Å². The SMILES string of the molecule is CC(C)N1C(S)CCC2CC(C)(C)CCCCCCC21. The first-order chi connectivity index (χ1) is 9.41. The number of thiol groups is 1. The maximum atomic E-state index is 4.89. The average Bonchev–Trinajstić information content (AvgIpc) is 2.35. The van der Waals surface area contributed by atoms with Gasteiger partial charge in [-0.1, -0.05) is 39.5 Å². The number of hydrogen-bond acceptors (Lipinski definition) is 2. The summed E-state index contributed by atoms with van der Waals surface area (Å²) in [6, 6.07) is 1.42. The summed E-state index contributed by atoms with van der Waals surface area (Å²) in [6.45, 7) is 9.71. The number of piperidine rings is 1. The second-order valence-corrected chi connectivity index (χ2v) is 8.84. The summed E-state index contributed by atoms with van der Waals surface area (Å²) in [7, 11) is 0. The van der Waals surface area contributed by atoms with Crippen LogP contribution in [-0.2, 0) is 0 Å². The van der Waals surface area contributed by atoms with Gasteiger partial charge in [-0.05, 0) is 57.3 Å². The number of nitrogens with zero attached hydrogens (tertiary/aromatic N) is 1. The molecule has 2 fully saturated rings. The number of rotatable bonds is 1. The molecule has 0 aromatic carbocycles. The molecule has 1 saturated heterocycles. The molecule has 1 saturated carbocycles. The van der Waals surface area contributed by atoms with Crippen LogP contribution in [-0.4, -0.2) is 22.4 Å². The van der Waals surface area contributed by atoms with E-state index in [2.05, 4.69) is 32.6 Å². The predicted molar refractivity (Wildman–Crippen MR) is 92.4 cm³/mol. The maximum Gasteiger partial charge on any atom is 0.0533 e. The average molecular weight is 298 g/mol. The van der Waals surface area contributed by atoms with Crippen LogP contribution in [0.1, 0.15) is 85.5 Å². The normalized spacial score (nSPS) is 36.6. The fourth-order valence-electron chi connectivity index (χ4n) is 4.64. The molecular weight excluding hydrogens is 262 g/mol. The Balaban J connectivity index is 2.16. The third kappa shape index (κ3) is 4.16. The molecule has 20 heavy (non-hydrogen) atoms. The van der Waals surface area contributed by atoms with Crippen LogP contribution in [0, 0.1) is 11.3 Å². The van der Waals surface area contributed by atoms with Gasteiger partial charge in [-0.15, -0.1) is 0 Å². The summed E-state index contributed by atoms with van der Waals surface area (Å²) in [6.07, 6.45) is 12.6. The molecule has 0 amide bonds. The van der Waals surface area contributed by atoms with Crippen LogP contribution in [0.4, 0.5) is 0 Å². The van der Waals surface area contributed by atoms with Crippen molar-refractivity contribution in [1.82, 2.24) is 4.90 Å². The first kappa shape index (κ1) is 16.7. The Kier molecular flexibility index (Phi) is 5.88. The van der Waals surface area contributed by atoms with Crippen molar-refractivity contribution < 1.29 is 0 Å². The van der Waals surface area contributed by atoms with Crippen molar-refractivity contribution in [2.24, 2.45) is 11.3 Å². The predicted octanol–water partition coefficient (Wildman–Crippen LogP) is 5.50. The van der Waals surface area contributed by atoms with Crippen LogP contribution in [0.25, 0.3) is 0 Å². The van der Waals surface area contributed by atoms with Gasteiger partial charge >= 0.3 is 0 Å². The molecule has 2 aliphatic rings. The van der Waals surface area contributed by atoms with Gasteiger partial charge in [0.1, 0.15) is 0 Å². The third-order valence-corrected chi connectivity index (χ3v) is 6.11. The number of fused-ring (bicyclic) bond motifs is 1. The van der Waals surface area contributed by atoms with Crippen LogP contribution >= 0.6 is 12.6 Å². The van der Waals surface area contributed by atoms with Crippen molar-refractivity contribution in [1.29, 1.82) is 0 Å². The Hall–Kier alpha value is 0.310. The first-order valence-electron chi connectivity index (χ1n) is 8.86. The maximum absolute atomic E-state index is 4.89. The molecule has 0 radical (unpaired) electrons. The lowest BCUT2D eigenvalue weighted by Gasteiger charge is -2.49. The van der Waals surface area contributed by atoms with Crippen LogP contribution in [0.15, 0.2) is 0 Å². The van der Waals surface area contributed by atoms with E-state index in [1.54, 1.807) is 0 Å². The third-order valence-electron chi connectivity index (χ3n) is 5.58. The van der Waals surface area contributed by atoms with Crippen molar-refractivity contribution in [3.63, 3.8) is 0 Å². The van der Waals surface area contributed by atoms with Crippen molar-refractivity contribution in [2.75, 3.05) is 0 Å². The Morgan fingerprint density at radius 1 is 1.00 bits per heavy atom. The van der Waals surface area contributed by atoms with Crippen LogP contribution < -0.4 is 0 Å². The van der Waals surface area contributed by atoms with Gasteiger partial charge in [-0.25, -0.2) is 0 Å². The molecule has 3 unspecified atom stereocenters. The van der Waals surface area contributed by atoms with E-state index in [0.717, 1.165) is 12.0 Å². The van der Waals surface area contributed by atoms with Gasteiger partial charge in [0, 0.05) is 12.1 Å². The summed E-state index contributed by atoms with van der Waals surface area (Å²) < 4.78 is 0. The second-order valence-electron chi connectivity index (χ2n) is 8.25. The van der Waals surface area contributed by atoms with Gasteiger partial charge in [0.05, 0.1) is 5.37 Å². The van der Waals surface area contributed by atoms with E-state index in [1.165, 1.54) is 57.8 Å². The van der Waals surface area contributed by atoms with Crippen LogP contribution in [0.3, 0.4) is 0 Å². The summed E-state index contributed by atoms with van der Waals surface area (Å²) in [5.74, 6) is 0.897. The number of likely N-dealkylation sites (tertiary alicyclic amines) is 1. The molecular formula is C18H35NS. The molecule has 2 heteroatoms. The molecule has 1 heterocycles. The van der Waals surface area contributed by atoms with Crippen molar-refractivity contribution in [2.45, 2.75) is 103 Å². The minimum Gasteiger partial charge on any atom is -0.286 e. The van der Waals surface area contributed by atoms with E-state index >= 15 is 0 Å². The molecule has 0 aromatic rings. The quantitative estimate of drug-likeness (QED) is 0.625. The van der Waals surface area contributed by atoms with Crippen molar-refractivity contribution in [3.05, 3.63) is 0 Å². The largest absolute Gasteiger partial charge is 0.286 e. The second kappa shape index (κ2) is 7.05. The summed E-state index contributed by atoms with van der Waals surface area (Å²) >= 11 is 4.89. The van der Waals surface area contributed by atoms with E-state index in [0.29, 0.717) is 16.8 Å². The molecule has 0 spiro atoms. The fraction of sp³-hybridized carbons (Fsp3) is 1.00. The first-order valence-corrected chi connectivity index (χ1v) is 9.38. The van der Waals surface area contributed by atoms with Crippen LogP contribution in [0.2, 0.25) is 0 Å². The molecule has 1 nitrogen and oxygen atoms in total. The van der Waals surface area contributed by atoms with Crippen molar-refractivity contribution >= 4 is 12.6 Å². The van der Waals surface area contributed by atoms with E-state index < -0.39 is 0 Å². The van der Waals surface area contributed by atoms with E-state index in [1.807, 2.05) is 0 Å². The van der Waals surface area contributed by atoms with Gasteiger partial charge in [0.25, 0.3) is 0 Å². The lowest BCUT2D eigenvalue weighted by Crippen LogP contribution is -2.53. The molecule has 1 aliphatic carbocycles. The van der Waals surface area contributed by atoms with E-state index in [9.17, 15) is 0 Å². The van der Waals surface area contributed by atoms with Crippen LogP contribution in [0.5, 0.6) is 0 Å². The zero-order valence-corrected chi connectivity index (χ0v) is 15.0. The van der Waals surface area contributed by atoms with E-state index in [4.69, 9.17) is 12.6 Å². The highest BCUT2D eigenvalue weighted by atomic mass is 32.1. The summed E-state index contributed by atoms with van der Waals surface area (Å²) in [4.78, 5) is 2.73. The Bertz CT molecular complexity index is 300. The topological polar surface area (TPSA) is 3.24 Å². The van der Waals surface area contributed by atoms with E-state index in [-0.39, 0.29) is 0 Å². The molecule has 1 aliphatic heterocycles. The monoisotopic (exact) mass is 297 g/mol. The smallest absolute Gasteiger partial charge is 0.0533 e. The van der Waals surface area contributed by atoms with Gasteiger partial charge in [-0.3, -0.25) is 4.90 Å². The summed E-state index contributed by atoms with van der Waals surface area (Å²) in [5.41, 5.74) is 0.534. The molecule has 118 valence electrons. The minimum absolute atomic E-state index is 0.488. The highest BCUT2D eigenvalue weighted by Gasteiger charge is 2.39.